The van der Waals surface area contributed by atoms with Crippen molar-refractivity contribution in [3.63, 3.8) is 0 Å². The molecule has 0 saturated heterocycles. The standard InChI is InChI=1S/C27H31NO10/c1-18(2)37-27(33)35-17-34-26(32)23-9-4-20(5-10-23)14-22(15-29)8-13-25(31)28-36-16-21-6-11-24(12-7-21)38-19(3)30/h4-7,9-12,15,18,22H,8,13-14,16-17H2,1-3H3,(H,28,31). The SMILES string of the molecule is CC(=O)Oc1ccc(CONC(=O)CCC(C=O)Cc2ccc(C(=O)OCOC(=O)OC(C)C)cc2)cc1. The molecule has 0 spiro atoms. The topological polar surface area (TPSA) is 144 Å². The first-order chi connectivity index (χ1) is 18.2. The van der Waals surface area contributed by atoms with Gasteiger partial charge >= 0.3 is 18.1 Å². The Morgan fingerprint density at radius 3 is 2.18 bits per heavy atom. The van der Waals surface area contributed by atoms with Gasteiger partial charge in [0.15, 0.2) is 0 Å². The van der Waals surface area contributed by atoms with Crippen LogP contribution in [0.3, 0.4) is 0 Å². The lowest BCUT2D eigenvalue weighted by atomic mass is 9.95. The number of aldehydes is 1. The molecule has 2 aromatic carbocycles. The summed E-state index contributed by atoms with van der Waals surface area (Å²) in [5.41, 5.74) is 4.15. The van der Waals surface area contributed by atoms with Crippen LogP contribution in [0.1, 0.15) is 55.1 Å². The average Bonchev–Trinajstić information content (AvgIpc) is 2.87. The van der Waals surface area contributed by atoms with Crippen LogP contribution in [0.2, 0.25) is 0 Å². The molecular formula is C27H31NO10. The van der Waals surface area contributed by atoms with Gasteiger partial charge in [-0.2, -0.15) is 0 Å². The molecule has 11 nitrogen and oxygen atoms in total. The molecular weight excluding hydrogens is 498 g/mol. The summed E-state index contributed by atoms with van der Waals surface area (Å²) >= 11 is 0. The molecule has 2 rings (SSSR count). The maximum absolute atomic E-state index is 12.1. The third-order valence-corrected chi connectivity index (χ3v) is 4.93. The molecule has 0 fully saturated rings. The number of hydrogen-bond donors (Lipinski definition) is 1. The number of nitrogens with one attached hydrogen (secondary N) is 1. The molecule has 0 aliphatic carbocycles. The van der Waals surface area contributed by atoms with Crippen molar-refractivity contribution >= 4 is 30.3 Å². The van der Waals surface area contributed by atoms with E-state index in [1.54, 1.807) is 50.2 Å². The van der Waals surface area contributed by atoms with Crippen LogP contribution in [0.4, 0.5) is 4.79 Å². The van der Waals surface area contributed by atoms with Crippen LogP contribution in [0, 0.1) is 5.92 Å². The molecule has 11 heteroatoms. The molecule has 0 aromatic heterocycles. The fraction of sp³-hybridized carbons (Fsp3) is 0.370. The zero-order chi connectivity index (χ0) is 27.9. The predicted octanol–water partition coefficient (Wildman–Crippen LogP) is 3.67. The number of amides is 1. The van der Waals surface area contributed by atoms with E-state index >= 15 is 0 Å². The van der Waals surface area contributed by atoms with Crippen molar-refractivity contribution in [2.75, 3.05) is 6.79 Å². The predicted molar refractivity (Wildman–Crippen MR) is 133 cm³/mol. The highest BCUT2D eigenvalue weighted by Crippen LogP contribution is 2.15. The molecule has 0 bridgehead atoms. The van der Waals surface area contributed by atoms with Crippen molar-refractivity contribution in [1.29, 1.82) is 0 Å². The normalized spacial score (nSPS) is 11.3. The van der Waals surface area contributed by atoms with E-state index in [2.05, 4.69) is 10.2 Å². The van der Waals surface area contributed by atoms with Gasteiger partial charge in [0, 0.05) is 19.3 Å². The lowest BCUT2D eigenvalue weighted by molar-refractivity contribution is -0.135. The minimum absolute atomic E-state index is 0.0818. The summed E-state index contributed by atoms with van der Waals surface area (Å²) in [6.45, 7) is 4.17. The molecule has 204 valence electrons. The van der Waals surface area contributed by atoms with E-state index < -0.39 is 30.8 Å². The first-order valence-corrected chi connectivity index (χ1v) is 11.9. The molecule has 1 atom stereocenters. The molecule has 2 aromatic rings. The Kier molecular flexibility index (Phi) is 12.4. The highest BCUT2D eigenvalue weighted by Gasteiger charge is 2.14. The Balaban J connectivity index is 1.70. The Bertz CT molecular complexity index is 1080. The number of esters is 2. The van der Waals surface area contributed by atoms with E-state index in [-0.39, 0.29) is 30.6 Å². The number of carbonyl (C=O) groups is 5. The van der Waals surface area contributed by atoms with Crippen LogP contribution in [0.25, 0.3) is 0 Å². The highest BCUT2D eigenvalue weighted by atomic mass is 16.8. The molecule has 0 saturated carbocycles. The minimum Gasteiger partial charge on any atom is -0.431 e. The van der Waals surface area contributed by atoms with Crippen molar-refractivity contribution in [3.05, 3.63) is 65.2 Å². The zero-order valence-corrected chi connectivity index (χ0v) is 21.5. The monoisotopic (exact) mass is 529 g/mol. The molecule has 0 heterocycles. The van der Waals surface area contributed by atoms with Crippen molar-refractivity contribution in [2.45, 2.75) is 52.7 Å². The summed E-state index contributed by atoms with van der Waals surface area (Å²) < 4.78 is 19.2. The summed E-state index contributed by atoms with van der Waals surface area (Å²) in [7, 11) is 0. The quantitative estimate of drug-likeness (QED) is 0.127. The van der Waals surface area contributed by atoms with Crippen LogP contribution in [-0.4, -0.2) is 43.2 Å². The summed E-state index contributed by atoms with van der Waals surface area (Å²) in [6.07, 6.45) is 0.271. The first kappa shape index (κ1) is 30.0. The Morgan fingerprint density at radius 1 is 0.921 bits per heavy atom. The molecule has 0 aliphatic rings. The van der Waals surface area contributed by atoms with Gasteiger partial charge in [-0.15, -0.1) is 0 Å². The van der Waals surface area contributed by atoms with Gasteiger partial charge in [-0.3, -0.25) is 14.4 Å². The second-order valence-corrected chi connectivity index (χ2v) is 8.50. The largest absolute Gasteiger partial charge is 0.511 e. The third-order valence-electron chi connectivity index (χ3n) is 4.93. The molecule has 0 radical (unpaired) electrons. The van der Waals surface area contributed by atoms with Gasteiger partial charge in [-0.05, 0) is 62.1 Å². The number of benzene rings is 2. The summed E-state index contributed by atoms with van der Waals surface area (Å²) in [5.74, 6) is -1.46. The van der Waals surface area contributed by atoms with Crippen molar-refractivity contribution < 1.29 is 47.8 Å². The van der Waals surface area contributed by atoms with E-state index in [9.17, 15) is 24.0 Å². The van der Waals surface area contributed by atoms with E-state index in [1.807, 2.05) is 0 Å². The van der Waals surface area contributed by atoms with E-state index in [0.29, 0.717) is 18.6 Å². The van der Waals surface area contributed by atoms with Gasteiger partial charge in [0.25, 0.3) is 0 Å². The molecule has 1 unspecified atom stereocenters. The maximum Gasteiger partial charge on any atom is 0.511 e. The summed E-state index contributed by atoms with van der Waals surface area (Å²) in [4.78, 5) is 63.1. The number of carbonyl (C=O) groups excluding carboxylic acids is 5. The number of ether oxygens (including phenoxy) is 4. The second kappa shape index (κ2) is 15.8. The lowest BCUT2D eigenvalue weighted by Gasteiger charge is -2.12. The van der Waals surface area contributed by atoms with E-state index in [4.69, 9.17) is 19.0 Å². The first-order valence-electron chi connectivity index (χ1n) is 11.9. The molecule has 1 amide bonds. The molecule has 1 N–H and O–H groups in total. The van der Waals surface area contributed by atoms with Gasteiger partial charge in [0.2, 0.25) is 12.7 Å². The zero-order valence-electron chi connectivity index (χ0n) is 21.5. The number of hydrogen-bond acceptors (Lipinski definition) is 10. The summed E-state index contributed by atoms with van der Waals surface area (Å²) in [6, 6.07) is 13.1. The second-order valence-electron chi connectivity index (χ2n) is 8.50. The Labute approximate surface area is 220 Å². The van der Waals surface area contributed by atoms with Gasteiger partial charge in [-0.1, -0.05) is 24.3 Å². The molecule has 38 heavy (non-hydrogen) atoms. The Morgan fingerprint density at radius 2 is 1.58 bits per heavy atom. The molecule has 0 aliphatic heterocycles. The maximum atomic E-state index is 12.1. The van der Waals surface area contributed by atoms with Gasteiger partial charge in [0.05, 0.1) is 18.3 Å². The average molecular weight is 530 g/mol. The fourth-order valence-electron chi connectivity index (χ4n) is 3.13. The smallest absolute Gasteiger partial charge is 0.431 e. The van der Waals surface area contributed by atoms with Gasteiger partial charge < -0.3 is 23.7 Å². The Hall–Kier alpha value is -4.25. The van der Waals surface area contributed by atoms with Crippen molar-refractivity contribution in [3.8, 4) is 5.75 Å². The number of rotatable bonds is 14. The fourth-order valence-corrected chi connectivity index (χ4v) is 3.13. The van der Waals surface area contributed by atoms with Crippen molar-refractivity contribution in [1.82, 2.24) is 5.48 Å². The highest BCUT2D eigenvalue weighted by molar-refractivity contribution is 5.89. The number of hydroxylamine groups is 1. The van der Waals surface area contributed by atoms with Crippen LogP contribution in [0.15, 0.2) is 48.5 Å². The lowest BCUT2D eigenvalue weighted by Crippen LogP contribution is -2.24. The van der Waals surface area contributed by atoms with Crippen LogP contribution in [-0.2, 0) is 46.5 Å². The van der Waals surface area contributed by atoms with Crippen LogP contribution in [0.5, 0.6) is 5.75 Å². The van der Waals surface area contributed by atoms with Gasteiger partial charge in [0.1, 0.15) is 12.0 Å². The van der Waals surface area contributed by atoms with E-state index in [0.717, 1.165) is 17.4 Å². The van der Waals surface area contributed by atoms with E-state index in [1.165, 1.54) is 19.1 Å². The van der Waals surface area contributed by atoms with Crippen molar-refractivity contribution in [2.24, 2.45) is 5.92 Å². The summed E-state index contributed by atoms with van der Waals surface area (Å²) in [5, 5.41) is 0. The van der Waals surface area contributed by atoms with Crippen LogP contribution < -0.4 is 10.2 Å². The minimum atomic E-state index is -0.935. The van der Waals surface area contributed by atoms with Gasteiger partial charge in [-0.25, -0.2) is 15.1 Å². The third kappa shape index (κ3) is 11.7. The van der Waals surface area contributed by atoms with Crippen LogP contribution >= 0.6 is 0 Å².